The maximum absolute atomic E-state index is 5.46. The van der Waals surface area contributed by atoms with Crippen molar-refractivity contribution in [1.82, 2.24) is 14.9 Å². The lowest BCUT2D eigenvalue weighted by atomic mass is 9.99. The van der Waals surface area contributed by atoms with E-state index < -0.39 is 0 Å². The Kier molecular flexibility index (Phi) is 6.31. The van der Waals surface area contributed by atoms with Crippen LogP contribution in [-0.2, 0) is 17.7 Å². The van der Waals surface area contributed by atoms with Crippen LogP contribution in [0.25, 0.3) is 0 Å². The number of hydrogen-bond donors (Lipinski definition) is 1. The molecule has 1 aromatic heterocycles. The lowest BCUT2D eigenvalue weighted by Gasteiger charge is -2.30. The van der Waals surface area contributed by atoms with Crippen LogP contribution in [0.3, 0.4) is 0 Å². The highest BCUT2D eigenvalue weighted by atomic mass is 16.5. The van der Waals surface area contributed by atoms with Gasteiger partial charge in [-0.2, -0.15) is 4.98 Å². The second-order valence-corrected chi connectivity index (χ2v) is 7.27. The van der Waals surface area contributed by atoms with Crippen LogP contribution in [0.4, 0.5) is 11.8 Å². The van der Waals surface area contributed by atoms with E-state index in [1.54, 1.807) is 14.2 Å². The molecule has 1 N–H and O–H groups in total. The zero-order valence-electron chi connectivity index (χ0n) is 17.2. The number of anilines is 2. The summed E-state index contributed by atoms with van der Waals surface area (Å²) >= 11 is 0. The van der Waals surface area contributed by atoms with Gasteiger partial charge in [0.25, 0.3) is 0 Å². The molecule has 8 heteroatoms. The van der Waals surface area contributed by atoms with Crippen molar-refractivity contribution in [2.24, 2.45) is 0 Å². The first-order valence-corrected chi connectivity index (χ1v) is 10.1. The van der Waals surface area contributed by atoms with E-state index in [2.05, 4.69) is 32.2 Å². The molecule has 0 unspecified atom stereocenters. The van der Waals surface area contributed by atoms with Gasteiger partial charge in [-0.05, 0) is 35.7 Å². The van der Waals surface area contributed by atoms with Crippen LogP contribution < -0.4 is 19.7 Å². The molecule has 0 radical (unpaired) electrons. The molecule has 1 saturated heterocycles. The van der Waals surface area contributed by atoms with Crippen molar-refractivity contribution in [2.45, 2.75) is 13.0 Å². The third kappa shape index (κ3) is 4.71. The van der Waals surface area contributed by atoms with E-state index >= 15 is 0 Å². The summed E-state index contributed by atoms with van der Waals surface area (Å²) in [6.45, 7) is 7.12. The summed E-state index contributed by atoms with van der Waals surface area (Å²) in [6.07, 6.45) is 2.75. The molecule has 156 valence electrons. The van der Waals surface area contributed by atoms with Crippen LogP contribution in [0.15, 0.2) is 24.4 Å². The van der Waals surface area contributed by atoms with Crippen molar-refractivity contribution in [1.29, 1.82) is 0 Å². The quantitative estimate of drug-likeness (QED) is 0.756. The van der Waals surface area contributed by atoms with Crippen LogP contribution >= 0.6 is 0 Å². The van der Waals surface area contributed by atoms with E-state index in [0.717, 1.165) is 82.2 Å². The van der Waals surface area contributed by atoms with Crippen molar-refractivity contribution in [3.05, 3.63) is 35.5 Å². The molecule has 2 aliphatic rings. The number of ether oxygens (including phenoxy) is 3. The highest BCUT2D eigenvalue weighted by Gasteiger charge is 2.21. The zero-order valence-corrected chi connectivity index (χ0v) is 17.2. The summed E-state index contributed by atoms with van der Waals surface area (Å²) in [6, 6.07) is 6.06. The van der Waals surface area contributed by atoms with Gasteiger partial charge in [0.05, 0.1) is 27.4 Å². The summed E-state index contributed by atoms with van der Waals surface area (Å²) in [7, 11) is 3.34. The van der Waals surface area contributed by atoms with Crippen molar-refractivity contribution >= 4 is 11.8 Å². The van der Waals surface area contributed by atoms with Gasteiger partial charge in [0, 0.05) is 45.5 Å². The molecular weight excluding hydrogens is 370 g/mol. The number of benzene rings is 1. The number of methoxy groups -OCH3 is 2. The second-order valence-electron chi connectivity index (χ2n) is 7.27. The van der Waals surface area contributed by atoms with Gasteiger partial charge in [0.1, 0.15) is 5.82 Å². The van der Waals surface area contributed by atoms with Crippen LogP contribution in [0, 0.1) is 0 Å². The first kappa shape index (κ1) is 19.7. The average Bonchev–Trinajstić information content (AvgIpc) is 2.78. The molecule has 3 heterocycles. The molecule has 0 aliphatic carbocycles. The monoisotopic (exact) mass is 399 g/mol. The van der Waals surface area contributed by atoms with Crippen LogP contribution in [0.1, 0.15) is 11.1 Å². The minimum Gasteiger partial charge on any atom is -0.493 e. The van der Waals surface area contributed by atoms with E-state index in [1.807, 2.05) is 12.3 Å². The third-order valence-corrected chi connectivity index (χ3v) is 5.48. The third-order valence-electron chi connectivity index (χ3n) is 5.48. The number of aromatic nitrogens is 2. The molecule has 1 fully saturated rings. The topological polar surface area (TPSA) is 72.0 Å². The molecule has 0 atom stereocenters. The van der Waals surface area contributed by atoms with Crippen molar-refractivity contribution < 1.29 is 14.2 Å². The smallest absolute Gasteiger partial charge is 0.227 e. The number of rotatable bonds is 7. The largest absolute Gasteiger partial charge is 0.493 e. The second kappa shape index (κ2) is 9.28. The van der Waals surface area contributed by atoms with Gasteiger partial charge in [-0.25, -0.2) is 4.98 Å². The van der Waals surface area contributed by atoms with Crippen LogP contribution in [0.2, 0.25) is 0 Å². The minimum absolute atomic E-state index is 0.752. The van der Waals surface area contributed by atoms with E-state index in [-0.39, 0.29) is 0 Å². The Morgan fingerprint density at radius 2 is 1.83 bits per heavy atom. The number of nitrogens with one attached hydrogen (secondary N) is 1. The normalized spacial score (nSPS) is 17.0. The number of hydrogen-bond acceptors (Lipinski definition) is 8. The summed E-state index contributed by atoms with van der Waals surface area (Å²) in [5.41, 5.74) is 2.52. The van der Waals surface area contributed by atoms with Crippen molar-refractivity contribution in [3.63, 3.8) is 0 Å². The van der Waals surface area contributed by atoms with Gasteiger partial charge >= 0.3 is 0 Å². The Bertz CT molecular complexity index is 826. The van der Waals surface area contributed by atoms with Gasteiger partial charge in [-0.15, -0.1) is 0 Å². The Morgan fingerprint density at radius 1 is 1.07 bits per heavy atom. The fourth-order valence-electron chi connectivity index (χ4n) is 3.82. The molecule has 1 aromatic carbocycles. The maximum Gasteiger partial charge on any atom is 0.227 e. The van der Waals surface area contributed by atoms with Gasteiger partial charge in [0.15, 0.2) is 11.5 Å². The fraction of sp³-hybridized carbons (Fsp3) is 0.524. The van der Waals surface area contributed by atoms with E-state index in [0.29, 0.717) is 0 Å². The molecule has 8 nitrogen and oxygen atoms in total. The van der Waals surface area contributed by atoms with E-state index in [4.69, 9.17) is 19.2 Å². The molecule has 0 saturated carbocycles. The first-order chi connectivity index (χ1) is 14.3. The minimum atomic E-state index is 0.752. The molecule has 0 amide bonds. The molecule has 29 heavy (non-hydrogen) atoms. The number of morpholine rings is 1. The highest BCUT2D eigenvalue weighted by molar-refractivity contribution is 5.51. The van der Waals surface area contributed by atoms with Crippen LogP contribution in [-0.4, -0.2) is 75.0 Å². The SMILES string of the molecule is COc1cc2c(cc1OC)CN(c1nccc(NCCN3CCOCC3)n1)CC2. The average molecular weight is 399 g/mol. The Morgan fingerprint density at radius 3 is 2.59 bits per heavy atom. The highest BCUT2D eigenvalue weighted by Crippen LogP contribution is 2.33. The molecule has 2 aliphatic heterocycles. The van der Waals surface area contributed by atoms with Gasteiger partial charge in [0.2, 0.25) is 5.95 Å². The predicted octanol–water partition coefficient (Wildman–Crippen LogP) is 1.80. The zero-order chi connectivity index (χ0) is 20.1. The van der Waals surface area contributed by atoms with E-state index in [1.165, 1.54) is 11.1 Å². The Balaban J connectivity index is 1.39. The standard InChI is InChI=1S/C21H29N5O3/c1-27-18-13-16-4-7-26(15-17(16)14-19(18)28-2)21-23-5-3-20(24-21)22-6-8-25-9-11-29-12-10-25/h3,5,13-14H,4,6-12,15H2,1-2H3,(H,22,23,24). The van der Waals surface area contributed by atoms with Crippen molar-refractivity contribution in [2.75, 3.05) is 70.4 Å². The summed E-state index contributed by atoms with van der Waals surface area (Å²) in [4.78, 5) is 13.8. The summed E-state index contributed by atoms with van der Waals surface area (Å²) < 4.78 is 16.3. The summed E-state index contributed by atoms with van der Waals surface area (Å²) in [5, 5.41) is 3.43. The van der Waals surface area contributed by atoms with Crippen molar-refractivity contribution in [3.8, 4) is 11.5 Å². The maximum atomic E-state index is 5.46. The van der Waals surface area contributed by atoms with Gasteiger partial charge < -0.3 is 24.4 Å². The molecule has 4 rings (SSSR count). The lowest BCUT2D eigenvalue weighted by Crippen LogP contribution is -2.39. The Labute approximate surface area is 171 Å². The number of fused-ring (bicyclic) bond motifs is 1. The fourth-order valence-corrected chi connectivity index (χ4v) is 3.82. The molecule has 0 spiro atoms. The molecule has 0 bridgehead atoms. The molecular formula is C21H29N5O3. The van der Waals surface area contributed by atoms with E-state index in [9.17, 15) is 0 Å². The molecule has 2 aromatic rings. The number of nitrogens with zero attached hydrogens (tertiary/aromatic N) is 4. The first-order valence-electron chi connectivity index (χ1n) is 10.1. The van der Waals surface area contributed by atoms with Gasteiger partial charge in [-0.3, -0.25) is 4.90 Å². The Hall–Kier alpha value is -2.58. The summed E-state index contributed by atoms with van der Waals surface area (Å²) in [5.74, 6) is 3.15. The predicted molar refractivity (Wildman–Crippen MR) is 112 cm³/mol. The van der Waals surface area contributed by atoms with Crippen LogP contribution in [0.5, 0.6) is 11.5 Å². The van der Waals surface area contributed by atoms with Gasteiger partial charge in [-0.1, -0.05) is 0 Å². The lowest BCUT2D eigenvalue weighted by molar-refractivity contribution is 0.0398.